The second-order valence-corrected chi connectivity index (χ2v) is 13.7. The number of amides is 2. The molecule has 0 saturated heterocycles. The molecule has 0 radical (unpaired) electrons. The van der Waals surface area contributed by atoms with E-state index in [1.54, 1.807) is 49.4 Å². The Balaban J connectivity index is 2.12. The van der Waals surface area contributed by atoms with Crippen molar-refractivity contribution in [2.24, 2.45) is 0 Å². The Morgan fingerprint density at radius 3 is 2.17 bits per heavy atom. The summed E-state index contributed by atoms with van der Waals surface area (Å²) in [4.78, 5) is 29.1. The highest BCUT2D eigenvalue weighted by atomic mass is 35.5. The van der Waals surface area contributed by atoms with E-state index < -0.39 is 34.1 Å². The molecule has 3 aromatic carbocycles. The number of nitrogens with one attached hydrogen (secondary N) is 1. The van der Waals surface area contributed by atoms with Crippen LogP contribution in [-0.2, 0) is 26.2 Å². The van der Waals surface area contributed by atoms with Gasteiger partial charge in [-0.2, -0.15) is 0 Å². The molecule has 0 aliphatic rings. The number of sulfonamides is 1. The number of carbonyl (C=O) groups is 2. The molecule has 1 unspecified atom stereocenters. The Labute approximate surface area is 253 Å². The molecule has 0 spiro atoms. The van der Waals surface area contributed by atoms with E-state index in [0.29, 0.717) is 33.3 Å². The summed E-state index contributed by atoms with van der Waals surface area (Å²) in [6.45, 7) is 10.6. The van der Waals surface area contributed by atoms with Crippen LogP contribution in [0.25, 0.3) is 0 Å². The summed E-state index contributed by atoms with van der Waals surface area (Å²) in [6, 6.07) is 17.6. The van der Waals surface area contributed by atoms with E-state index in [1.165, 1.54) is 17.0 Å². The third kappa shape index (κ3) is 8.24. The van der Waals surface area contributed by atoms with Gasteiger partial charge in [-0.05, 0) is 88.1 Å². The van der Waals surface area contributed by atoms with Crippen molar-refractivity contribution in [2.75, 3.05) is 10.8 Å². The minimum atomic E-state index is -4.14. The summed E-state index contributed by atoms with van der Waals surface area (Å²) < 4.78 is 29.1. The van der Waals surface area contributed by atoms with Crippen LogP contribution in [0.5, 0.6) is 0 Å². The Kier molecular flexibility index (Phi) is 10.5. The van der Waals surface area contributed by atoms with Crippen molar-refractivity contribution in [3.05, 3.63) is 93.5 Å². The number of nitrogens with zero attached hydrogens (tertiary/aromatic N) is 2. The Bertz CT molecular complexity index is 1510. The Morgan fingerprint density at radius 1 is 0.927 bits per heavy atom. The molecule has 0 fully saturated rings. The van der Waals surface area contributed by atoms with Gasteiger partial charge in [0.2, 0.25) is 11.8 Å². The van der Waals surface area contributed by atoms with Gasteiger partial charge in [0.05, 0.1) is 20.6 Å². The van der Waals surface area contributed by atoms with E-state index in [4.69, 9.17) is 23.2 Å². The van der Waals surface area contributed by atoms with Crippen molar-refractivity contribution in [3.8, 4) is 0 Å². The normalized spacial score (nSPS) is 12.5. The zero-order valence-corrected chi connectivity index (χ0v) is 26.6. The van der Waals surface area contributed by atoms with Crippen molar-refractivity contribution in [2.45, 2.75) is 71.0 Å². The van der Waals surface area contributed by atoms with Gasteiger partial charge in [-0.1, -0.05) is 66.5 Å². The molecular formula is C31H37Cl2N3O4S. The van der Waals surface area contributed by atoms with Gasteiger partial charge < -0.3 is 10.2 Å². The van der Waals surface area contributed by atoms with Crippen LogP contribution >= 0.6 is 23.2 Å². The highest BCUT2D eigenvalue weighted by Gasteiger charge is 2.35. The van der Waals surface area contributed by atoms with E-state index in [9.17, 15) is 18.0 Å². The highest BCUT2D eigenvalue weighted by Crippen LogP contribution is 2.29. The standard InChI is InChI=1S/C31H37Cl2N3O4S/c1-7-27(30(38)34-31(4,5)6)35(19-23-15-16-25(32)26(33)18-23)29(37)20-36(28-17-21(2)13-14-22(28)3)41(39,40)24-11-9-8-10-12-24/h8-18,27H,7,19-20H2,1-6H3,(H,34,38). The summed E-state index contributed by atoms with van der Waals surface area (Å²) in [6.07, 6.45) is 0.309. The van der Waals surface area contributed by atoms with Crippen LogP contribution < -0.4 is 9.62 Å². The first-order chi connectivity index (χ1) is 19.1. The predicted molar refractivity (Wildman–Crippen MR) is 166 cm³/mol. The highest BCUT2D eigenvalue weighted by molar-refractivity contribution is 7.92. The first-order valence-electron chi connectivity index (χ1n) is 13.3. The average molecular weight is 619 g/mol. The monoisotopic (exact) mass is 617 g/mol. The van der Waals surface area contributed by atoms with Crippen LogP contribution in [0.1, 0.15) is 50.8 Å². The van der Waals surface area contributed by atoms with Gasteiger partial charge in [0.15, 0.2) is 0 Å². The third-order valence-electron chi connectivity index (χ3n) is 6.46. The van der Waals surface area contributed by atoms with Gasteiger partial charge in [0.25, 0.3) is 10.0 Å². The number of halogens is 2. The van der Waals surface area contributed by atoms with E-state index in [-0.39, 0.29) is 17.3 Å². The predicted octanol–water partition coefficient (Wildman–Crippen LogP) is 6.53. The van der Waals surface area contributed by atoms with Gasteiger partial charge >= 0.3 is 0 Å². The van der Waals surface area contributed by atoms with Crippen LogP contribution in [0.2, 0.25) is 10.0 Å². The summed E-state index contributed by atoms with van der Waals surface area (Å²) in [5.41, 5.74) is 2.04. The summed E-state index contributed by atoms with van der Waals surface area (Å²) in [5.74, 6) is -0.870. The number of aryl methyl sites for hydroxylation is 2. The van der Waals surface area contributed by atoms with Crippen molar-refractivity contribution < 1.29 is 18.0 Å². The molecule has 2 amide bonds. The van der Waals surface area contributed by atoms with Crippen LogP contribution in [0.4, 0.5) is 5.69 Å². The molecular weight excluding hydrogens is 581 g/mol. The maximum absolute atomic E-state index is 14.2. The smallest absolute Gasteiger partial charge is 0.264 e. The largest absolute Gasteiger partial charge is 0.350 e. The zero-order valence-electron chi connectivity index (χ0n) is 24.2. The molecule has 0 aliphatic carbocycles. The molecule has 0 heterocycles. The van der Waals surface area contributed by atoms with Crippen molar-refractivity contribution in [3.63, 3.8) is 0 Å². The average Bonchev–Trinajstić information content (AvgIpc) is 2.90. The van der Waals surface area contributed by atoms with Crippen molar-refractivity contribution in [1.29, 1.82) is 0 Å². The summed E-state index contributed by atoms with van der Waals surface area (Å²) in [7, 11) is -4.14. The van der Waals surface area contributed by atoms with E-state index in [1.807, 2.05) is 46.8 Å². The van der Waals surface area contributed by atoms with Crippen molar-refractivity contribution in [1.82, 2.24) is 10.2 Å². The molecule has 7 nitrogen and oxygen atoms in total. The molecule has 0 bridgehead atoms. The van der Waals surface area contributed by atoms with Crippen molar-refractivity contribution >= 4 is 50.7 Å². The quantitative estimate of drug-likeness (QED) is 0.280. The molecule has 0 aliphatic heterocycles. The molecule has 1 atom stereocenters. The second kappa shape index (κ2) is 13.3. The van der Waals surface area contributed by atoms with E-state index in [2.05, 4.69) is 5.32 Å². The van der Waals surface area contributed by atoms with E-state index in [0.717, 1.165) is 9.87 Å². The topological polar surface area (TPSA) is 86.8 Å². The lowest BCUT2D eigenvalue weighted by atomic mass is 10.1. The molecule has 41 heavy (non-hydrogen) atoms. The molecule has 0 aromatic heterocycles. The van der Waals surface area contributed by atoms with Crippen LogP contribution in [0, 0.1) is 13.8 Å². The molecule has 1 N–H and O–H groups in total. The fourth-order valence-corrected chi connectivity index (χ4v) is 6.24. The maximum atomic E-state index is 14.2. The van der Waals surface area contributed by atoms with Crippen LogP contribution in [-0.4, -0.2) is 43.3 Å². The Morgan fingerprint density at radius 2 is 1.59 bits per heavy atom. The molecule has 3 aromatic rings. The number of anilines is 1. The van der Waals surface area contributed by atoms with E-state index >= 15 is 0 Å². The fraction of sp³-hybridized carbons (Fsp3) is 0.355. The maximum Gasteiger partial charge on any atom is 0.264 e. The number of rotatable bonds is 10. The third-order valence-corrected chi connectivity index (χ3v) is 8.98. The minimum Gasteiger partial charge on any atom is -0.350 e. The molecule has 0 saturated carbocycles. The number of carbonyl (C=O) groups excluding carboxylic acids is 2. The van der Waals surface area contributed by atoms with Gasteiger partial charge in [0.1, 0.15) is 12.6 Å². The Hall–Kier alpha value is -3.07. The van der Waals surface area contributed by atoms with Crippen LogP contribution in [0.3, 0.4) is 0 Å². The van der Waals surface area contributed by atoms with Gasteiger partial charge in [-0.15, -0.1) is 0 Å². The molecule has 10 heteroatoms. The lowest BCUT2D eigenvalue weighted by Gasteiger charge is -2.35. The first-order valence-corrected chi connectivity index (χ1v) is 15.5. The van der Waals surface area contributed by atoms with Gasteiger partial charge in [-0.25, -0.2) is 8.42 Å². The van der Waals surface area contributed by atoms with Crippen LogP contribution in [0.15, 0.2) is 71.6 Å². The molecule has 220 valence electrons. The lowest BCUT2D eigenvalue weighted by Crippen LogP contribution is -2.55. The number of hydrogen-bond donors (Lipinski definition) is 1. The summed E-state index contributed by atoms with van der Waals surface area (Å²) >= 11 is 12.4. The second-order valence-electron chi connectivity index (χ2n) is 11.0. The minimum absolute atomic E-state index is 0.0256. The number of hydrogen-bond acceptors (Lipinski definition) is 4. The van der Waals surface area contributed by atoms with Gasteiger partial charge in [0, 0.05) is 12.1 Å². The first kappa shape index (κ1) is 32.4. The SMILES string of the molecule is CCC(C(=O)NC(C)(C)C)N(Cc1ccc(Cl)c(Cl)c1)C(=O)CN(c1cc(C)ccc1C)S(=O)(=O)c1ccccc1. The molecule has 3 rings (SSSR count). The zero-order chi connectivity index (χ0) is 30.5. The lowest BCUT2D eigenvalue weighted by molar-refractivity contribution is -0.141. The number of benzene rings is 3. The fourth-order valence-electron chi connectivity index (χ4n) is 4.43. The summed E-state index contributed by atoms with van der Waals surface area (Å²) in [5, 5.41) is 3.63. The van der Waals surface area contributed by atoms with Gasteiger partial charge in [-0.3, -0.25) is 13.9 Å².